The van der Waals surface area contributed by atoms with Gasteiger partial charge in [-0.05, 0) is 44.4 Å². The maximum absolute atomic E-state index is 12.5. The van der Waals surface area contributed by atoms with Gasteiger partial charge in [0.2, 0.25) is 5.91 Å². The molecule has 0 atom stereocenters. The maximum atomic E-state index is 12.5. The van der Waals surface area contributed by atoms with Gasteiger partial charge < -0.3 is 15.8 Å². The highest BCUT2D eigenvalue weighted by Gasteiger charge is 2.39. The molecule has 1 amide bonds. The highest BCUT2D eigenvalue weighted by Crippen LogP contribution is 2.43. The summed E-state index contributed by atoms with van der Waals surface area (Å²) in [4.78, 5) is 12.5. The molecule has 21 heavy (non-hydrogen) atoms. The predicted molar refractivity (Wildman–Crippen MR) is 89.7 cm³/mol. The second kappa shape index (κ2) is 9.65. The third kappa shape index (κ3) is 5.11. The van der Waals surface area contributed by atoms with E-state index in [1.807, 2.05) is 20.8 Å². The van der Waals surface area contributed by atoms with Gasteiger partial charge in [0.05, 0.1) is 5.41 Å². The van der Waals surface area contributed by atoms with E-state index in [0.29, 0.717) is 6.54 Å². The Balaban J connectivity index is 0.00000400. The maximum Gasteiger partial charge on any atom is 0.227 e. The van der Waals surface area contributed by atoms with Gasteiger partial charge >= 0.3 is 0 Å². The van der Waals surface area contributed by atoms with E-state index in [0.717, 1.165) is 39.0 Å². The lowest BCUT2D eigenvalue weighted by Gasteiger charge is -2.43. The van der Waals surface area contributed by atoms with Crippen LogP contribution in [0, 0.1) is 10.8 Å². The summed E-state index contributed by atoms with van der Waals surface area (Å²) in [6.07, 6.45) is 6.33. The molecule has 1 rings (SSSR count). The Kier molecular flexibility index (Phi) is 9.50. The van der Waals surface area contributed by atoms with Crippen LogP contribution in [0.25, 0.3) is 0 Å². The molecule has 0 spiro atoms. The van der Waals surface area contributed by atoms with Gasteiger partial charge in [-0.3, -0.25) is 4.79 Å². The number of amides is 1. The number of nitrogens with one attached hydrogen (secondary N) is 1. The first-order valence-electron chi connectivity index (χ1n) is 8.14. The molecule has 1 fully saturated rings. The molecule has 0 saturated heterocycles. The Morgan fingerprint density at radius 2 is 1.90 bits per heavy atom. The molecule has 126 valence electrons. The standard InChI is InChI=1S/C16H32N2O2.ClH/c1-4-16(5-2,12-17)14(19)18-13-15(8-7-9-15)10-11-20-6-3;/h4-13,17H2,1-3H3,(H,18,19);1H. The summed E-state index contributed by atoms with van der Waals surface area (Å²) in [5, 5.41) is 3.17. The molecule has 0 bridgehead atoms. The number of ether oxygens (including phenoxy) is 1. The molecule has 1 aliphatic carbocycles. The fourth-order valence-electron chi connectivity index (χ4n) is 3.03. The summed E-state index contributed by atoms with van der Waals surface area (Å²) < 4.78 is 5.47. The zero-order valence-corrected chi connectivity index (χ0v) is 14.7. The van der Waals surface area contributed by atoms with Crippen LogP contribution < -0.4 is 11.1 Å². The summed E-state index contributed by atoms with van der Waals surface area (Å²) >= 11 is 0. The second-order valence-electron chi connectivity index (χ2n) is 6.17. The molecule has 1 saturated carbocycles. The quantitative estimate of drug-likeness (QED) is 0.608. The predicted octanol–water partition coefficient (Wildman–Crippen LogP) is 2.89. The van der Waals surface area contributed by atoms with Crippen LogP contribution in [-0.4, -0.2) is 32.2 Å². The first kappa shape index (κ1) is 20.7. The van der Waals surface area contributed by atoms with Gasteiger partial charge in [0.25, 0.3) is 0 Å². The molecule has 0 aromatic rings. The smallest absolute Gasteiger partial charge is 0.227 e. The Labute approximate surface area is 136 Å². The molecular weight excluding hydrogens is 288 g/mol. The van der Waals surface area contributed by atoms with E-state index in [1.165, 1.54) is 19.3 Å². The van der Waals surface area contributed by atoms with Crippen molar-refractivity contribution in [2.24, 2.45) is 16.6 Å². The van der Waals surface area contributed by atoms with Crippen molar-refractivity contribution in [1.29, 1.82) is 0 Å². The lowest BCUT2D eigenvalue weighted by molar-refractivity contribution is -0.132. The zero-order chi connectivity index (χ0) is 15.1. The van der Waals surface area contributed by atoms with Crippen LogP contribution in [0.1, 0.15) is 59.3 Å². The molecule has 0 aromatic heterocycles. The van der Waals surface area contributed by atoms with Crippen LogP contribution in [0.2, 0.25) is 0 Å². The van der Waals surface area contributed by atoms with Crippen molar-refractivity contribution in [2.45, 2.75) is 59.3 Å². The van der Waals surface area contributed by atoms with Crippen molar-refractivity contribution in [2.75, 3.05) is 26.3 Å². The molecule has 4 nitrogen and oxygen atoms in total. The second-order valence-corrected chi connectivity index (χ2v) is 6.17. The van der Waals surface area contributed by atoms with Crippen molar-refractivity contribution in [3.63, 3.8) is 0 Å². The van der Waals surface area contributed by atoms with Crippen molar-refractivity contribution in [3.8, 4) is 0 Å². The summed E-state index contributed by atoms with van der Waals surface area (Å²) in [5.41, 5.74) is 5.72. The van der Waals surface area contributed by atoms with Crippen molar-refractivity contribution in [1.82, 2.24) is 5.32 Å². The fraction of sp³-hybridized carbons (Fsp3) is 0.938. The van der Waals surface area contributed by atoms with Gasteiger partial charge in [-0.15, -0.1) is 12.4 Å². The molecule has 0 heterocycles. The third-order valence-corrected chi connectivity index (χ3v) is 5.24. The SMILES string of the molecule is CCOCCC1(CNC(=O)C(CC)(CC)CN)CCC1.Cl. The van der Waals surface area contributed by atoms with Crippen molar-refractivity contribution >= 4 is 18.3 Å². The molecule has 1 aliphatic rings. The van der Waals surface area contributed by atoms with Gasteiger partial charge in [-0.25, -0.2) is 0 Å². The Bertz CT molecular complexity index is 294. The highest BCUT2D eigenvalue weighted by atomic mass is 35.5. The molecule has 3 N–H and O–H groups in total. The molecule has 0 radical (unpaired) electrons. The Morgan fingerprint density at radius 1 is 1.29 bits per heavy atom. The molecule has 0 aliphatic heterocycles. The minimum atomic E-state index is -0.384. The fourth-order valence-corrected chi connectivity index (χ4v) is 3.03. The largest absolute Gasteiger partial charge is 0.382 e. The summed E-state index contributed by atoms with van der Waals surface area (Å²) in [7, 11) is 0. The number of carbonyl (C=O) groups is 1. The van der Waals surface area contributed by atoms with Crippen LogP contribution in [0.5, 0.6) is 0 Å². The van der Waals surface area contributed by atoms with E-state index in [1.54, 1.807) is 0 Å². The first-order valence-corrected chi connectivity index (χ1v) is 8.14. The Morgan fingerprint density at radius 3 is 2.29 bits per heavy atom. The Hall–Kier alpha value is -0.320. The lowest BCUT2D eigenvalue weighted by atomic mass is 9.66. The zero-order valence-electron chi connectivity index (χ0n) is 13.9. The van der Waals surface area contributed by atoms with Crippen LogP contribution in [0.15, 0.2) is 0 Å². The summed E-state index contributed by atoms with van der Waals surface area (Å²) in [6, 6.07) is 0. The minimum Gasteiger partial charge on any atom is -0.382 e. The average molecular weight is 321 g/mol. The van der Waals surface area contributed by atoms with E-state index in [2.05, 4.69) is 5.32 Å². The van der Waals surface area contributed by atoms with Crippen molar-refractivity contribution in [3.05, 3.63) is 0 Å². The monoisotopic (exact) mass is 320 g/mol. The average Bonchev–Trinajstić information content (AvgIpc) is 2.43. The summed E-state index contributed by atoms with van der Waals surface area (Å²) in [5.74, 6) is 0.132. The topological polar surface area (TPSA) is 64.3 Å². The van der Waals surface area contributed by atoms with Crippen LogP contribution >= 0.6 is 12.4 Å². The van der Waals surface area contributed by atoms with E-state index < -0.39 is 0 Å². The number of halogens is 1. The molecule has 0 aromatic carbocycles. The first-order chi connectivity index (χ1) is 9.58. The van der Waals surface area contributed by atoms with Gasteiger partial charge in [0, 0.05) is 26.3 Å². The highest BCUT2D eigenvalue weighted by molar-refractivity contribution is 5.85. The van der Waals surface area contributed by atoms with E-state index in [4.69, 9.17) is 10.5 Å². The van der Waals surface area contributed by atoms with Gasteiger partial charge in [0.15, 0.2) is 0 Å². The minimum absolute atomic E-state index is 0. The van der Waals surface area contributed by atoms with E-state index in [-0.39, 0.29) is 29.1 Å². The lowest BCUT2D eigenvalue weighted by Crippen LogP contribution is -2.50. The van der Waals surface area contributed by atoms with Gasteiger partial charge in [-0.1, -0.05) is 20.3 Å². The van der Waals surface area contributed by atoms with Crippen LogP contribution in [0.4, 0.5) is 0 Å². The van der Waals surface area contributed by atoms with Gasteiger partial charge in [-0.2, -0.15) is 0 Å². The van der Waals surface area contributed by atoms with Crippen molar-refractivity contribution < 1.29 is 9.53 Å². The number of nitrogens with two attached hydrogens (primary N) is 1. The van der Waals surface area contributed by atoms with E-state index in [9.17, 15) is 4.79 Å². The number of hydrogen-bond donors (Lipinski definition) is 2. The number of hydrogen-bond acceptors (Lipinski definition) is 3. The summed E-state index contributed by atoms with van der Waals surface area (Å²) in [6.45, 7) is 8.89. The van der Waals surface area contributed by atoms with Gasteiger partial charge in [0.1, 0.15) is 0 Å². The third-order valence-electron chi connectivity index (χ3n) is 5.24. The molecular formula is C16H33ClN2O2. The van der Waals surface area contributed by atoms with E-state index >= 15 is 0 Å². The molecule has 5 heteroatoms. The van der Waals surface area contributed by atoms with Crippen LogP contribution in [0.3, 0.4) is 0 Å². The van der Waals surface area contributed by atoms with Crippen LogP contribution in [-0.2, 0) is 9.53 Å². The number of rotatable bonds is 10. The molecule has 0 unspecified atom stereocenters. The number of carbonyl (C=O) groups excluding carboxylic acids is 1. The normalized spacial score (nSPS) is 16.8.